The highest BCUT2D eigenvalue weighted by Gasteiger charge is 2.74. The van der Waals surface area contributed by atoms with Gasteiger partial charge in [-0.2, -0.15) is 0 Å². The van der Waals surface area contributed by atoms with Crippen LogP contribution >= 0.6 is 0 Å². The molecule has 2 fully saturated rings. The first-order chi connectivity index (χ1) is 7.07. The second-order valence-electron chi connectivity index (χ2n) is 6.73. The molecule has 0 aromatic carbocycles. The Kier molecular flexibility index (Phi) is 2.17. The van der Waals surface area contributed by atoms with E-state index in [-0.39, 0.29) is 28.9 Å². The number of fused-ring (bicyclic) bond motifs is 2. The fraction of sp³-hybridized carbons (Fsp3) is 0.923. The Labute approximate surface area is 98.1 Å². The molecule has 0 N–H and O–H groups in total. The monoisotopic (exact) mass is 225 g/mol. The van der Waals surface area contributed by atoms with Gasteiger partial charge >= 0.3 is 0 Å². The van der Waals surface area contributed by atoms with Crippen LogP contribution in [0.4, 0.5) is 0 Å². The molecule has 2 bridgehead atoms. The van der Waals surface area contributed by atoms with Crippen LogP contribution in [0.2, 0.25) is 0 Å². The van der Waals surface area contributed by atoms with Crippen molar-refractivity contribution in [3.05, 3.63) is 0 Å². The summed E-state index contributed by atoms with van der Waals surface area (Å²) >= 11 is 0. The average molecular weight is 225 g/mol. The number of likely N-dealkylation sites (N-methyl/N-ethyl adjacent to an activating group) is 1. The van der Waals surface area contributed by atoms with E-state index in [1.165, 1.54) is 0 Å². The van der Waals surface area contributed by atoms with Gasteiger partial charge in [0.05, 0.1) is 17.7 Å². The molecule has 2 aliphatic heterocycles. The number of carbonyl (C=O) groups is 1. The van der Waals surface area contributed by atoms with Gasteiger partial charge in [-0.25, -0.2) is 0 Å². The van der Waals surface area contributed by atoms with Gasteiger partial charge in [-0.3, -0.25) is 9.69 Å². The molecule has 3 atom stereocenters. The molecule has 3 nitrogen and oxygen atoms in total. The van der Waals surface area contributed by atoms with Gasteiger partial charge in [0, 0.05) is 5.41 Å². The fourth-order valence-electron chi connectivity index (χ4n) is 3.82. The second-order valence-corrected chi connectivity index (χ2v) is 6.73. The number of morpholine rings is 1. The Bertz CT molecular complexity index is 342. The zero-order valence-electron chi connectivity index (χ0n) is 11.4. The maximum absolute atomic E-state index is 12.6. The smallest absolute Gasteiger partial charge is 0.186 e. The molecular formula is C13H23NO2. The lowest BCUT2D eigenvalue weighted by molar-refractivity contribution is -0.198. The van der Waals surface area contributed by atoms with Crippen molar-refractivity contribution >= 4 is 5.78 Å². The Balaban J connectivity index is 2.62. The normalized spacial score (nSPS) is 43.1. The Morgan fingerprint density at radius 3 is 2.12 bits per heavy atom. The molecule has 2 saturated heterocycles. The molecule has 2 rings (SSSR count). The lowest BCUT2D eigenvalue weighted by atomic mass is 9.66. The minimum Gasteiger partial charge on any atom is -0.360 e. The zero-order valence-corrected chi connectivity index (χ0v) is 11.4. The number of rotatable bonds is 0. The molecule has 0 saturated carbocycles. The number of hydrogen-bond acceptors (Lipinski definition) is 3. The molecule has 0 aromatic heterocycles. The van der Waals surface area contributed by atoms with Gasteiger partial charge in [0.1, 0.15) is 0 Å². The van der Waals surface area contributed by atoms with Crippen molar-refractivity contribution < 1.29 is 9.53 Å². The largest absolute Gasteiger partial charge is 0.360 e. The maximum Gasteiger partial charge on any atom is 0.186 e. The first kappa shape index (κ1) is 12.1. The zero-order chi connectivity index (χ0) is 12.5. The van der Waals surface area contributed by atoms with Gasteiger partial charge in [0.25, 0.3) is 0 Å². The number of carbonyl (C=O) groups excluding carboxylic acids is 1. The van der Waals surface area contributed by atoms with Crippen LogP contribution in [0.5, 0.6) is 0 Å². The minimum absolute atomic E-state index is 0.00440. The summed E-state index contributed by atoms with van der Waals surface area (Å²) < 4.78 is 6.12. The van der Waals surface area contributed by atoms with Crippen LogP contribution < -0.4 is 0 Å². The minimum atomic E-state index is -0.668. The quantitative estimate of drug-likeness (QED) is 0.630. The van der Waals surface area contributed by atoms with E-state index in [0.29, 0.717) is 0 Å². The van der Waals surface area contributed by atoms with Gasteiger partial charge in [-0.05, 0) is 27.8 Å². The molecule has 0 aromatic rings. The first-order valence-corrected chi connectivity index (χ1v) is 6.02. The van der Waals surface area contributed by atoms with Gasteiger partial charge in [0.15, 0.2) is 11.4 Å². The third kappa shape index (κ3) is 0.992. The van der Waals surface area contributed by atoms with Gasteiger partial charge < -0.3 is 4.74 Å². The number of hydrogen-bond donors (Lipinski definition) is 0. The molecule has 0 radical (unpaired) electrons. The molecule has 3 heteroatoms. The number of nitrogens with zero attached hydrogens (tertiary/aromatic N) is 1. The summed E-state index contributed by atoms with van der Waals surface area (Å²) in [7, 11) is 2.04. The fourth-order valence-corrected chi connectivity index (χ4v) is 3.82. The molecule has 0 amide bonds. The highest BCUT2D eigenvalue weighted by atomic mass is 16.5. The van der Waals surface area contributed by atoms with Gasteiger partial charge in [-0.1, -0.05) is 20.8 Å². The van der Waals surface area contributed by atoms with Crippen LogP contribution in [0.1, 0.15) is 41.5 Å². The lowest BCUT2D eigenvalue weighted by Crippen LogP contribution is -2.65. The summed E-state index contributed by atoms with van der Waals surface area (Å²) in [6, 6.07) is -0.0748. The third-order valence-electron chi connectivity index (χ3n) is 4.64. The molecule has 0 spiro atoms. The van der Waals surface area contributed by atoms with Crippen molar-refractivity contribution in [1.29, 1.82) is 0 Å². The van der Waals surface area contributed by atoms with Crippen LogP contribution in [-0.4, -0.2) is 41.0 Å². The predicted molar refractivity (Wildman–Crippen MR) is 63.4 cm³/mol. The van der Waals surface area contributed by atoms with Gasteiger partial charge in [0.2, 0.25) is 0 Å². The summed E-state index contributed by atoms with van der Waals surface area (Å²) in [5, 5.41) is 0. The van der Waals surface area contributed by atoms with E-state index in [4.69, 9.17) is 4.74 Å². The van der Waals surface area contributed by atoms with E-state index in [9.17, 15) is 4.79 Å². The standard InChI is InChI=1S/C13H23NO2/c1-8-9-10(15)13(16-8,11(2,3)4)12(5,6)14(9)7/h8-9H,1-7H3/t8-,9+,13?/m0/s1. The second kappa shape index (κ2) is 2.88. The third-order valence-corrected chi connectivity index (χ3v) is 4.64. The summed E-state index contributed by atoms with van der Waals surface area (Å²) in [6.45, 7) is 12.5. The number of ketones is 1. The lowest BCUT2D eigenvalue weighted by Gasteiger charge is -2.52. The van der Waals surface area contributed by atoms with Crippen LogP contribution in [0.3, 0.4) is 0 Å². The van der Waals surface area contributed by atoms with Crippen molar-refractivity contribution in [2.24, 2.45) is 5.41 Å². The molecule has 92 valence electrons. The molecular weight excluding hydrogens is 202 g/mol. The average Bonchev–Trinajstić information content (AvgIpc) is 2.42. The number of Topliss-reactive ketones (excluding diaryl/α,β-unsaturated/α-hetero) is 1. The van der Waals surface area contributed by atoms with Gasteiger partial charge in [-0.15, -0.1) is 0 Å². The predicted octanol–water partition coefficient (Wildman–Crippen LogP) is 1.85. The molecule has 2 heterocycles. The van der Waals surface area contributed by atoms with Crippen molar-refractivity contribution in [3.63, 3.8) is 0 Å². The van der Waals surface area contributed by atoms with Crippen molar-refractivity contribution in [3.8, 4) is 0 Å². The molecule has 16 heavy (non-hydrogen) atoms. The maximum atomic E-state index is 12.6. The van der Waals surface area contributed by atoms with E-state index in [2.05, 4.69) is 39.5 Å². The summed E-state index contributed by atoms with van der Waals surface area (Å²) in [6.07, 6.45) is 0.00440. The number of ether oxygens (including phenoxy) is 1. The number of likely N-dealkylation sites (tertiary alicyclic amines) is 1. The summed E-state index contributed by atoms with van der Waals surface area (Å²) in [5.74, 6) is 0.264. The van der Waals surface area contributed by atoms with Crippen LogP contribution in [-0.2, 0) is 9.53 Å². The van der Waals surface area contributed by atoms with Crippen LogP contribution in [0.25, 0.3) is 0 Å². The van der Waals surface area contributed by atoms with E-state index < -0.39 is 5.60 Å². The molecule has 0 aliphatic carbocycles. The van der Waals surface area contributed by atoms with Crippen LogP contribution in [0.15, 0.2) is 0 Å². The Hall–Kier alpha value is -0.410. The SMILES string of the molecule is C[C@@H]1OC2(C(C)(C)C)C(=O)[C@@H]1N(C)C2(C)C. The summed E-state index contributed by atoms with van der Waals surface area (Å²) in [4.78, 5) is 14.8. The van der Waals surface area contributed by atoms with E-state index in [1.807, 2.05) is 14.0 Å². The highest BCUT2D eigenvalue weighted by Crippen LogP contribution is 2.56. The van der Waals surface area contributed by atoms with Crippen molar-refractivity contribution in [1.82, 2.24) is 4.90 Å². The van der Waals surface area contributed by atoms with E-state index in [0.717, 1.165) is 0 Å². The summed E-state index contributed by atoms with van der Waals surface area (Å²) in [5.41, 5.74) is -1.08. The Morgan fingerprint density at radius 1 is 1.31 bits per heavy atom. The van der Waals surface area contributed by atoms with E-state index >= 15 is 0 Å². The first-order valence-electron chi connectivity index (χ1n) is 6.02. The van der Waals surface area contributed by atoms with E-state index in [1.54, 1.807) is 0 Å². The Morgan fingerprint density at radius 2 is 1.81 bits per heavy atom. The van der Waals surface area contributed by atoms with Crippen molar-refractivity contribution in [2.75, 3.05) is 7.05 Å². The van der Waals surface area contributed by atoms with Crippen molar-refractivity contribution in [2.45, 2.75) is 64.8 Å². The topological polar surface area (TPSA) is 29.5 Å². The van der Waals surface area contributed by atoms with Crippen LogP contribution in [0, 0.1) is 5.41 Å². The molecule has 2 aliphatic rings. The molecule has 1 unspecified atom stereocenters. The highest BCUT2D eigenvalue weighted by molar-refractivity contribution is 5.99.